The van der Waals surface area contributed by atoms with Crippen LogP contribution in [0.2, 0.25) is 0 Å². The molecule has 0 spiro atoms. The van der Waals surface area contributed by atoms with Crippen LogP contribution in [0.1, 0.15) is 27.3 Å². The van der Waals surface area contributed by atoms with Crippen molar-refractivity contribution in [3.8, 4) is 5.75 Å². The summed E-state index contributed by atoms with van der Waals surface area (Å²) in [5.74, 6) is 0.825. The molecule has 5 rings (SSSR count). The molecule has 0 radical (unpaired) electrons. The summed E-state index contributed by atoms with van der Waals surface area (Å²) in [5, 5.41) is 4.17. The number of hydrogen-bond acceptors (Lipinski definition) is 8. The topological polar surface area (TPSA) is 73.3 Å². The number of halogens is 1. The molecule has 1 N–H and O–H groups in total. The molecule has 0 bridgehead atoms. The smallest absolute Gasteiger partial charge is 0.183 e. The van der Waals surface area contributed by atoms with Crippen molar-refractivity contribution in [1.82, 2.24) is 15.3 Å². The van der Waals surface area contributed by atoms with Crippen LogP contribution < -0.4 is 10.1 Å². The summed E-state index contributed by atoms with van der Waals surface area (Å²) in [7, 11) is 1.42. The summed E-state index contributed by atoms with van der Waals surface area (Å²) in [6.45, 7) is 5.58. The van der Waals surface area contributed by atoms with E-state index in [-0.39, 0.29) is 28.3 Å². The second kappa shape index (κ2) is 7.81. The summed E-state index contributed by atoms with van der Waals surface area (Å²) in [4.78, 5) is 23.3. The second-order valence-electron chi connectivity index (χ2n) is 7.99. The number of ketones is 1. The van der Waals surface area contributed by atoms with Gasteiger partial charge in [-0.05, 0) is 38.1 Å². The number of Topliss-reactive ketones (excluding diaryl/α,β-unsaturated/α-hetero) is 1. The Morgan fingerprint density at radius 3 is 2.94 bits per heavy atom. The van der Waals surface area contributed by atoms with E-state index >= 15 is 0 Å². The van der Waals surface area contributed by atoms with Gasteiger partial charge in [0.1, 0.15) is 16.5 Å². The maximum absolute atomic E-state index is 14.9. The Hall–Kier alpha value is -2.07. The van der Waals surface area contributed by atoms with E-state index in [0.717, 1.165) is 18.0 Å². The van der Waals surface area contributed by atoms with Gasteiger partial charge in [0.15, 0.2) is 17.3 Å². The maximum Gasteiger partial charge on any atom is 0.183 e. The molecule has 1 aromatic carbocycles. The summed E-state index contributed by atoms with van der Waals surface area (Å²) in [5.41, 5.74) is 0.104. The van der Waals surface area contributed by atoms with Crippen molar-refractivity contribution in [2.45, 2.75) is 30.5 Å². The molecule has 3 atom stereocenters. The van der Waals surface area contributed by atoms with Gasteiger partial charge < -0.3 is 14.8 Å². The molecule has 0 aliphatic carbocycles. The van der Waals surface area contributed by atoms with E-state index < -0.39 is 5.82 Å². The molecule has 0 saturated carbocycles. The first-order valence-corrected chi connectivity index (χ1v) is 11.9. The minimum absolute atomic E-state index is 0.0197. The van der Waals surface area contributed by atoms with Crippen LogP contribution in [-0.4, -0.2) is 47.8 Å². The highest BCUT2D eigenvalue weighted by Gasteiger charge is 2.53. The number of methoxy groups -OCH3 is 1. The van der Waals surface area contributed by atoms with E-state index in [1.165, 1.54) is 30.2 Å². The molecule has 162 valence electrons. The third-order valence-corrected chi connectivity index (χ3v) is 8.36. The number of aromatic nitrogens is 2. The Balaban J connectivity index is 1.37. The van der Waals surface area contributed by atoms with Gasteiger partial charge >= 0.3 is 0 Å². The number of aryl methyl sites for hydroxylation is 1. The number of rotatable bonds is 6. The van der Waals surface area contributed by atoms with Crippen LogP contribution in [0.3, 0.4) is 0 Å². The van der Waals surface area contributed by atoms with E-state index in [1.54, 1.807) is 19.1 Å². The van der Waals surface area contributed by atoms with E-state index in [2.05, 4.69) is 22.2 Å². The molecule has 0 amide bonds. The summed E-state index contributed by atoms with van der Waals surface area (Å²) in [6.07, 6.45) is 0. The monoisotopic (exact) mass is 459 g/mol. The van der Waals surface area contributed by atoms with Crippen molar-refractivity contribution in [1.29, 1.82) is 0 Å². The fourth-order valence-corrected chi connectivity index (χ4v) is 6.40. The van der Waals surface area contributed by atoms with Crippen LogP contribution in [0, 0.1) is 18.7 Å². The number of hydrogen-bond donors (Lipinski definition) is 1. The lowest BCUT2D eigenvalue weighted by Gasteiger charge is -2.39. The van der Waals surface area contributed by atoms with Crippen molar-refractivity contribution >= 4 is 39.8 Å². The van der Waals surface area contributed by atoms with Gasteiger partial charge in [-0.15, -0.1) is 11.3 Å². The predicted molar refractivity (Wildman–Crippen MR) is 119 cm³/mol. The molecule has 6 nitrogen and oxygen atoms in total. The number of benzene rings is 1. The van der Waals surface area contributed by atoms with E-state index in [0.29, 0.717) is 33.2 Å². The molecular formula is C22H22FN3O3S2. The molecule has 2 aliphatic rings. The van der Waals surface area contributed by atoms with Gasteiger partial charge in [0, 0.05) is 23.4 Å². The third kappa shape index (κ3) is 3.44. The van der Waals surface area contributed by atoms with Crippen molar-refractivity contribution in [3.05, 3.63) is 45.7 Å². The predicted octanol–water partition coefficient (Wildman–Crippen LogP) is 3.96. The number of nitrogens with one attached hydrogen (secondary N) is 1. The SMILES string of the molecule is COc1ccc2nc(C)nc(SCC(=O)c3ccc(C4(C)OCC5CN[C@@H]54)s3)c2c1F. The molecule has 31 heavy (non-hydrogen) atoms. The number of thiophene rings is 1. The summed E-state index contributed by atoms with van der Waals surface area (Å²) >= 11 is 2.69. The Morgan fingerprint density at radius 1 is 1.39 bits per heavy atom. The van der Waals surface area contributed by atoms with Crippen LogP contribution in [0.4, 0.5) is 4.39 Å². The molecule has 3 aromatic rings. The average Bonchev–Trinajstić information content (AvgIpc) is 3.29. The molecule has 2 fully saturated rings. The fourth-order valence-electron chi connectivity index (χ4n) is 4.26. The van der Waals surface area contributed by atoms with Crippen LogP contribution >= 0.6 is 23.1 Å². The van der Waals surface area contributed by atoms with Crippen LogP contribution in [0.25, 0.3) is 10.9 Å². The molecule has 9 heteroatoms. The maximum atomic E-state index is 14.9. The Kier molecular flexibility index (Phi) is 5.24. The van der Waals surface area contributed by atoms with Gasteiger partial charge in [-0.3, -0.25) is 4.79 Å². The number of carbonyl (C=O) groups is 1. The van der Waals surface area contributed by atoms with Crippen molar-refractivity contribution in [2.24, 2.45) is 5.92 Å². The van der Waals surface area contributed by atoms with E-state index in [4.69, 9.17) is 9.47 Å². The first-order valence-electron chi connectivity index (χ1n) is 10.0. The summed E-state index contributed by atoms with van der Waals surface area (Å²) < 4.78 is 26.1. The Morgan fingerprint density at radius 2 is 2.23 bits per heavy atom. The zero-order valence-electron chi connectivity index (χ0n) is 17.4. The van der Waals surface area contributed by atoms with Gasteiger partial charge in [0.05, 0.1) is 35.2 Å². The highest BCUT2D eigenvalue weighted by atomic mass is 32.2. The number of carbonyl (C=O) groups excluding carboxylic acids is 1. The van der Waals surface area contributed by atoms with Crippen LogP contribution in [0.5, 0.6) is 5.75 Å². The standard InChI is InChI=1S/C22H22FN3O3S2/c1-11-25-13-4-5-15(28-3)19(23)18(13)21(26-11)30-10-14(27)16-6-7-17(31-16)22(2)20-12(8-24-20)9-29-22/h4-7,12,20,24H,8-10H2,1-3H3/t12?,20-,22?/m0/s1. The number of fused-ring (bicyclic) bond motifs is 2. The lowest BCUT2D eigenvalue weighted by atomic mass is 9.82. The normalized spacial score (nSPS) is 24.8. The zero-order valence-corrected chi connectivity index (χ0v) is 19.0. The number of thioether (sulfide) groups is 1. The molecule has 2 saturated heterocycles. The zero-order chi connectivity index (χ0) is 21.8. The van der Waals surface area contributed by atoms with Crippen LogP contribution in [-0.2, 0) is 10.3 Å². The van der Waals surface area contributed by atoms with E-state index in [1.807, 2.05) is 12.1 Å². The first kappa shape index (κ1) is 20.8. The molecular weight excluding hydrogens is 437 g/mol. The summed E-state index contributed by atoms with van der Waals surface area (Å²) in [6, 6.07) is 7.39. The Bertz CT molecular complexity index is 1180. The van der Waals surface area contributed by atoms with Gasteiger partial charge in [-0.1, -0.05) is 11.8 Å². The highest BCUT2D eigenvalue weighted by molar-refractivity contribution is 8.00. The van der Waals surface area contributed by atoms with E-state index in [9.17, 15) is 9.18 Å². The van der Waals surface area contributed by atoms with Crippen molar-refractivity contribution in [3.63, 3.8) is 0 Å². The van der Waals surface area contributed by atoms with Crippen molar-refractivity contribution < 1.29 is 18.7 Å². The first-order chi connectivity index (χ1) is 14.9. The lowest BCUT2D eigenvalue weighted by Crippen LogP contribution is -2.58. The quantitative estimate of drug-likeness (QED) is 0.340. The minimum atomic E-state index is -0.512. The second-order valence-corrected chi connectivity index (χ2v) is 10.0. The van der Waals surface area contributed by atoms with Crippen molar-refractivity contribution in [2.75, 3.05) is 26.0 Å². The molecule has 4 heterocycles. The van der Waals surface area contributed by atoms with Gasteiger partial charge in [0.25, 0.3) is 0 Å². The average molecular weight is 460 g/mol. The van der Waals surface area contributed by atoms with Crippen LogP contribution in [0.15, 0.2) is 29.3 Å². The molecule has 2 aromatic heterocycles. The fraction of sp³-hybridized carbons (Fsp3) is 0.409. The minimum Gasteiger partial charge on any atom is -0.494 e. The Labute approximate surface area is 187 Å². The number of ether oxygens (including phenoxy) is 2. The largest absolute Gasteiger partial charge is 0.494 e. The van der Waals surface area contributed by atoms with Gasteiger partial charge in [0.2, 0.25) is 0 Å². The van der Waals surface area contributed by atoms with Gasteiger partial charge in [-0.25, -0.2) is 14.4 Å². The van der Waals surface area contributed by atoms with Gasteiger partial charge in [-0.2, -0.15) is 0 Å². The number of nitrogens with zero attached hydrogens (tertiary/aromatic N) is 2. The highest BCUT2D eigenvalue weighted by Crippen LogP contribution is 2.45. The third-order valence-electron chi connectivity index (χ3n) is 6.04. The molecule has 2 unspecified atom stereocenters. The molecule has 2 aliphatic heterocycles. The lowest BCUT2D eigenvalue weighted by molar-refractivity contribution is 0.00543.